The van der Waals surface area contributed by atoms with Gasteiger partial charge in [0.2, 0.25) is 0 Å². The Labute approximate surface area is 122 Å². The minimum atomic E-state index is -0.356. The van der Waals surface area contributed by atoms with E-state index in [1.807, 2.05) is 14.1 Å². The van der Waals surface area contributed by atoms with Crippen LogP contribution in [0.1, 0.15) is 23.2 Å². The number of amides is 1. The van der Waals surface area contributed by atoms with Crippen LogP contribution in [0.5, 0.6) is 0 Å². The normalized spacial score (nSPS) is 10.8. The van der Waals surface area contributed by atoms with Crippen molar-refractivity contribution in [1.29, 1.82) is 0 Å². The molecule has 1 aromatic carbocycles. The number of benzene rings is 1. The van der Waals surface area contributed by atoms with Gasteiger partial charge in [-0.3, -0.25) is 4.79 Å². The molecule has 0 heterocycles. The summed E-state index contributed by atoms with van der Waals surface area (Å²) >= 11 is 3.09. The SMILES string of the molecule is CN(C)CCCCN(C)C(=O)c1ccc(F)c(Br)c1. The molecule has 1 aromatic rings. The summed E-state index contributed by atoms with van der Waals surface area (Å²) in [7, 11) is 5.84. The summed E-state index contributed by atoms with van der Waals surface area (Å²) in [5.74, 6) is -0.435. The Kier molecular flexibility index (Phi) is 6.45. The van der Waals surface area contributed by atoms with Gasteiger partial charge in [-0.05, 0) is 67.6 Å². The number of nitrogens with zero attached hydrogens (tertiary/aromatic N) is 2. The molecule has 0 aliphatic rings. The maximum Gasteiger partial charge on any atom is 0.253 e. The molecular formula is C14H20BrFN2O. The van der Waals surface area contributed by atoms with E-state index in [-0.39, 0.29) is 11.7 Å². The van der Waals surface area contributed by atoms with Crippen molar-refractivity contribution >= 4 is 21.8 Å². The maximum atomic E-state index is 13.1. The van der Waals surface area contributed by atoms with Crippen molar-refractivity contribution < 1.29 is 9.18 Å². The van der Waals surface area contributed by atoms with Gasteiger partial charge in [0.05, 0.1) is 4.47 Å². The van der Waals surface area contributed by atoms with Crippen molar-refractivity contribution in [2.24, 2.45) is 0 Å². The second kappa shape index (κ2) is 7.60. The summed E-state index contributed by atoms with van der Waals surface area (Å²) in [4.78, 5) is 15.9. The van der Waals surface area contributed by atoms with Gasteiger partial charge in [0.15, 0.2) is 0 Å². The quantitative estimate of drug-likeness (QED) is 0.748. The Morgan fingerprint density at radius 2 is 1.84 bits per heavy atom. The third-order valence-corrected chi connectivity index (χ3v) is 3.47. The van der Waals surface area contributed by atoms with E-state index in [2.05, 4.69) is 20.8 Å². The minimum absolute atomic E-state index is 0.0782. The van der Waals surface area contributed by atoms with Crippen molar-refractivity contribution in [3.63, 3.8) is 0 Å². The van der Waals surface area contributed by atoms with Gasteiger partial charge < -0.3 is 9.80 Å². The van der Waals surface area contributed by atoms with Gasteiger partial charge in [-0.25, -0.2) is 4.39 Å². The lowest BCUT2D eigenvalue weighted by molar-refractivity contribution is 0.0792. The molecule has 0 N–H and O–H groups in total. The van der Waals surface area contributed by atoms with Crippen LogP contribution in [0.15, 0.2) is 22.7 Å². The molecule has 0 atom stereocenters. The molecule has 0 aliphatic carbocycles. The van der Waals surface area contributed by atoms with Crippen LogP contribution in [0.25, 0.3) is 0 Å². The molecule has 5 heteroatoms. The highest BCUT2D eigenvalue weighted by molar-refractivity contribution is 9.10. The van der Waals surface area contributed by atoms with E-state index < -0.39 is 0 Å². The van der Waals surface area contributed by atoms with E-state index in [1.165, 1.54) is 18.2 Å². The Bertz CT molecular complexity index is 437. The predicted molar refractivity (Wildman–Crippen MR) is 78.8 cm³/mol. The molecule has 0 unspecified atom stereocenters. The van der Waals surface area contributed by atoms with Gasteiger partial charge in [0.1, 0.15) is 5.82 Å². The first kappa shape index (κ1) is 16.1. The Morgan fingerprint density at radius 1 is 1.21 bits per heavy atom. The van der Waals surface area contributed by atoms with E-state index in [1.54, 1.807) is 11.9 Å². The van der Waals surface area contributed by atoms with E-state index >= 15 is 0 Å². The average molecular weight is 331 g/mol. The van der Waals surface area contributed by atoms with Crippen molar-refractivity contribution in [2.75, 3.05) is 34.2 Å². The number of hydrogen-bond donors (Lipinski definition) is 0. The fraction of sp³-hybridized carbons (Fsp3) is 0.500. The van der Waals surface area contributed by atoms with Crippen molar-refractivity contribution in [3.8, 4) is 0 Å². The van der Waals surface area contributed by atoms with E-state index in [0.717, 1.165) is 19.4 Å². The molecular weight excluding hydrogens is 311 g/mol. The lowest BCUT2D eigenvalue weighted by atomic mass is 10.2. The molecule has 3 nitrogen and oxygen atoms in total. The Hall–Kier alpha value is -0.940. The third-order valence-electron chi connectivity index (χ3n) is 2.86. The van der Waals surface area contributed by atoms with Gasteiger partial charge in [-0.2, -0.15) is 0 Å². The van der Waals surface area contributed by atoms with Crippen molar-refractivity contribution in [3.05, 3.63) is 34.1 Å². The summed E-state index contributed by atoms with van der Waals surface area (Å²) in [6.07, 6.45) is 2.01. The highest BCUT2D eigenvalue weighted by atomic mass is 79.9. The molecule has 1 rings (SSSR count). The molecule has 0 bridgehead atoms. The first-order valence-electron chi connectivity index (χ1n) is 6.27. The van der Waals surface area contributed by atoms with Crippen LogP contribution in [0.4, 0.5) is 4.39 Å². The highest BCUT2D eigenvalue weighted by Crippen LogP contribution is 2.17. The molecule has 0 saturated carbocycles. The predicted octanol–water partition coefficient (Wildman–Crippen LogP) is 3.00. The summed E-state index contributed by atoms with van der Waals surface area (Å²) < 4.78 is 13.4. The zero-order chi connectivity index (χ0) is 14.4. The fourth-order valence-electron chi connectivity index (χ4n) is 1.73. The summed E-state index contributed by atoms with van der Waals surface area (Å²) in [5, 5.41) is 0. The van der Waals surface area contributed by atoms with Crippen LogP contribution in [-0.4, -0.2) is 49.9 Å². The first-order chi connectivity index (χ1) is 8.91. The molecule has 1 amide bonds. The summed E-state index contributed by atoms with van der Waals surface area (Å²) in [6, 6.07) is 4.34. The van der Waals surface area contributed by atoms with E-state index in [0.29, 0.717) is 16.6 Å². The van der Waals surface area contributed by atoms with Gasteiger partial charge in [-0.15, -0.1) is 0 Å². The third kappa shape index (κ3) is 5.28. The highest BCUT2D eigenvalue weighted by Gasteiger charge is 2.12. The second-order valence-corrected chi connectivity index (χ2v) is 5.72. The van der Waals surface area contributed by atoms with Crippen LogP contribution in [0.2, 0.25) is 0 Å². The van der Waals surface area contributed by atoms with Gasteiger partial charge >= 0.3 is 0 Å². The minimum Gasteiger partial charge on any atom is -0.342 e. The molecule has 0 radical (unpaired) electrons. The van der Waals surface area contributed by atoms with Gasteiger partial charge in [-0.1, -0.05) is 0 Å². The van der Waals surface area contributed by atoms with Crippen molar-refractivity contribution in [2.45, 2.75) is 12.8 Å². The van der Waals surface area contributed by atoms with Gasteiger partial charge in [0.25, 0.3) is 5.91 Å². The van der Waals surface area contributed by atoms with E-state index in [9.17, 15) is 9.18 Å². The smallest absolute Gasteiger partial charge is 0.253 e. The largest absolute Gasteiger partial charge is 0.342 e. The van der Waals surface area contributed by atoms with Crippen LogP contribution in [0, 0.1) is 5.82 Å². The molecule has 0 spiro atoms. The van der Waals surface area contributed by atoms with Gasteiger partial charge in [0, 0.05) is 19.2 Å². The molecule has 0 saturated heterocycles. The van der Waals surface area contributed by atoms with Crippen LogP contribution in [0.3, 0.4) is 0 Å². The number of unbranched alkanes of at least 4 members (excludes halogenated alkanes) is 1. The molecule has 19 heavy (non-hydrogen) atoms. The number of rotatable bonds is 6. The fourth-order valence-corrected chi connectivity index (χ4v) is 2.11. The van der Waals surface area contributed by atoms with E-state index in [4.69, 9.17) is 0 Å². The molecule has 0 aliphatic heterocycles. The summed E-state index contributed by atoms with van der Waals surface area (Å²) in [5.41, 5.74) is 0.503. The zero-order valence-electron chi connectivity index (χ0n) is 11.6. The van der Waals surface area contributed by atoms with Crippen LogP contribution >= 0.6 is 15.9 Å². The molecule has 106 valence electrons. The number of halogens is 2. The first-order valence-corrected chi connectivity index (χ1v) is 7.06. The second-order valence-electron chi connectivity index (χ2n) is 4.87. The van der Waals surface area contributed by atoms with Crippen LogP contribution < -0.4 is 0 Å². The molecule has 0 fully saturated rings. The molecule has 0 aromatic heterocycles. The average Bonchev–Trinajstić information content (AvgIpc) is 2.36. The lowest BCUT2D eigenvalue weighted by Crippen LogP contribution is -2.28. The Balaban J connectivity index is 2.49. The number of hydrogen-bond acceptors (Lipinski definition) is 2. The lowest BCUT2D eigenvalue weighted by Gasteiger charge is -2.18. The maximum absolute atomic E-state index is 13.1. The van der Waals surface area contributed by atoms with Crippen LogP contribution in [-0.2, 0) is 0 Å². The van der Waals surface area contributed by atoms with Crippen molar-refractivity contribution in [1.82, 2.24) is 9.80 Å². The topological polar surface area (TPSA) is 23.6 Å². The Morgan fingerprint density at radius 3 is 2.42 bits per heavy atom. The summed E-state index contributed by atoms with van der Waals surface area (Å²) in [6.45, 7) is 1.73. The number of carbonyl (C=O) groups is 1. The monoisotopic (exact) mass is 330 g/mol. The number of carbonyl (C=O) groups excluding carboxylic acids is 1. The zero-order valence-corrected chi connectivity index (χ0v) is 13.2. The standard InChI is InChI=1S/C14H20BrFN2O/c1-17(2)8-4-5-9-18(3)14(19)11-6-7-13(16)12(15)10-11/h6-7,10H,4-5,8-9H2,1-3H3.